The van der Waals surface area contributed by atoms with Gasteiger partial charge in [-0.05, 0) is 31.9 Å². The van der Waals surface area contributed by atoms with Crippen molar-refractivity contribution in [2.24, 2.45) is 5.92 Å². The Bertz CT molecular complexity index is 662. The average Bonchev–Trinajstić information content (AvgIpc) is 2.98. The van der Waals surface area contributed by atoms with E-state index in [1.54, 1.807) is 18.0 Å². The van der Waals surface area contributed by atoms with E-state index in [2.05, 4.69) is 4.98 Å². The number of fused-ring (bicyclic) bond motifs is 1. The maximum Gasteiger partial charge on any atom is 0.310 e. The molecule has 0 unspecified atom stereocenters. The Hall–Kier alpha value is -2.37. The number of amides is 1. The Balaban J connectivity index is 1.75. The van der Waals surface area contributed by atoms with Gasteiger partial charge in [-0.2, -0.15) is 0 Å². The molecule has 0 spiro atoms. The van der Waals surface area contributed by atoms with Gasteiger partial charge in [0.1, 0.15) is 11.3 Å². The standard InChI is InChI=1S/C16H19N3O3/c1-2-22-16(21)12-6-5-9-19(10-12)15(20)13-11-18-8-4-3-7-14(18)17-13/h3-4,7-8,11-12H,2,5-6,9-10H2,1H3/t12-/m1/s1. The van der Waals surface area contributed by atoms with Gasteiger partial charge >= 0.3 is 5.97 Å². The van der Waals surface area contributed by atoms with Crippen molar-refractivity contribution in [3.8, 4) is 0 Å². The number of nitrogens with zero attached hydrogens (tertiary/aromatic N) is 3. The maximum atomic E-state index is 12.6. The van der Waals surface area contributed by atoms with Crippen LogP contribution in [0.4, 0.5) is 0 Å². The molecule has 3 heterocycles. The maximum absolute atomic E-state index is 12.6. The Kier molecular flexibility index (Phi) is 4.09. The fourth-order valence-electron chi connectivity index (χ4n) is 2.81. The summed E-state index contributed by atoms with van der Waals surface area (Å²) in [6.45, 7) is 3.23. The Morgan fingerprint density at radius 3 is 3.05 bits per heavy atom. The number of piperidine rings is 1. The van der Waals surface area contributed by atoms with Crippen molar-refractivity contribution in [2.45, 2.75) is 19.8 Å². The minimum atomic E-state index is -0.227. The van der Waals surface area contributed by atoms with E-state index in [4.69, 9.17) is 4.74 Å². The number of likely N-dealkylation sites (tertiary alicyclic amines) is 1. The lowest BCUT2D eigenvalue weighted by molar-refractivity contribution is -0.149. The molecule has 1 fully saturated rings. The third kappa shape index (κ3) is 2.81. The average molecular weight is 301 g/mol. The molecule has 1 saturated heterocycles. The van der Waals surface area contributed by atoms with Crippen LogP contribution < -0.4 is 0 Å². The molecule has 0 aliphatic carbocycles. The summed E-state index contributed by atoms with van der Waals surface area (Å²) in [6.07, 6.45) is 5.17. The van der Waals surface area contributed by atoms with Crippen LogP contribution in [0, 0.1) is 5.92 Å². The number of aromatic nitrogens is 2. The fourth-order valence-corrected chi connectivity index (χ4v) is 2.81. The van der Waals surface area contributed by atoms with Gasteiger partial charge in [-0.25, -0.2) is 4.98 Å². The topological polar surface area (TPSA) is 63.9 Å². The Morgan fingerprint density at radius 2 is 2.27 bits per heavy atom. The normalized spacial score (nSPS) is 18.4. The largest absolute Gasteiger partial charge is 0.466 e. The van der Waals surface area contributed by atoms with Crippen LogP contribution >= 0.6 is 0 Å². The van der Waals surface area contributed by atoms with Gasteiger partial charge in [0.25, 0.3) is 5.91 Å². The lowest BCUT2D eigenvalue weighted by Crippen LogP contribution is -2.42. The zero-order valence-corrected chi connectivity index (χ0v) is 12.6. The summed E-state index contributed by atoms with van der Waals surface area (Å²) in [5.74, 6) is -0.567. The molecule has 3 rings (SSSR count). The van der Waals surface area contributed by atoms with E-state index in [-0.39, 0.29) is 17.8 Å². The van der Waals surface area contributed by atoms with Crippen molar-refractivity contribution in [1.29, 1.82) is 0 Å². The molecular weight excluding hydrogens is 282 g/mol. The molecule has 0 bridgehead atoms. The number of imidazole rings is 1. The smallest absolute Gasteiger partial charge is 0.310 e. The van der Waals surface area contributed by atoms with Gasteiger partial charge < -0.3 is 14.0 Å². The van der Waals surface area contributed by atoms with Gasteiger partial charge in [-0.1, -0.05) is 6.07 Å². The van der Waals surface area contributed by atoms with Crippen molar-refractivity contribution < 1.29 is 14.3 Å². The van der Waals surface area contributed by atoms with Gasteiger partial charge in [0.15, 0.2) is 0 Å². The molecule has 0 saturated carbocycles. The summed E-state index contributed by atoms with van der Waals surface area (Å²) >= 11 is 0. The predicted molar refractivity (Wildman–Crippen MR) is 80.5 cm³/mol. The minimum Gasteiger partial charge on any atom is -0.466 e. The van der Waals surface area contributed by atoms with E-state index in [0.29, 0.717) is 25.4 Å². The van der Waals surface area contributed by atoms with Gasteiger partial charge in [0.2, 0.25) is 0 Å². The number of rotatable bonds is 3. The second-order valence-electron chi connectivity index (χ2n) is 5.43. The van der Waals surface area contributed by atoms with E-state index < -0.39 is 0 Å². The van der Waals surface area contributed by atoms with Gasteiger partial charge in [-0.3, -0.25) is 9.59 Å². The summed E-state index contributed by atoms with van der Waals surface area (Å²) in [5, 5.41) is 0. The number of carbonyl (C=O) groups is 2. The summed E-state index contributed by atoms with van der Waals surface area (Å²) in [6, 6.07) is 5.63. The highest BCUT2D eigenvalue weighted by Gasteiger charge is 2.30. The Morgan fingerprint density at radius 1 is 1.41 bits per heavy atom. The van der Waals surface area contributed by atoms with E-state index in [1.165, 1.54) is 0 Å². The number of carbonyl (C=O) groups excluding carboxylic acids is 2. The van der Waals surface area contributed by atoms with Crippen LogP contribution in [-0.2, 0) is 9.53 Å². The number of hydrogen-bond donors (Lipinski definition) is 0. The monoisotopic (exact) mass is 301 g/mol. The van der Waals surface area contributed by atoms with Crippen LogP contribution in [0.5, 0.6) is 0 Å². The first-order valence-electron chi connectivity index (χ1n) is 7.58. The third-order valence-corrected chi connectivity index (χ3v) is 3.91. The highest BCUT2D eigenvalue weighted by Crippen LogP contribution is 2.20. The molecule has 6 nitrogen and oxygen atoms in total. The molecule has 1 aliphatic rings. The van der Waals surface area contributed by atoms with Crippen LogP contribution in [-0.4, -0.2) is 45.9 Å². The molecule has 2 aromatic heterocycles. The van der Waals surface area contributed by atoms with Crippen molar-refractivity contribution in [1.82, 2.24) is 14.3 Å². The molecule has 1 aliphatic heterocycles. The summed E-state index contributed by atoms with van der Waals surface area (Å²) < 4.78 is 6.89. The van der Waals surface area contributed by atoms with E-state index in [0.717, 1.165) is 18.5 Å². The first-order valence-corrected chi connectivity index (χ1v) is 7.58. The van der Waals surface area contributed by atoms with Crippen molar-refractivity contribution >= 4 is 17.5 Å². The molecule has 1 atom stereocenters. The molecule has 0 aromatic carbocycles. The third-order valence-electron chi connectivity index (χ3n) is 3.91. The van der Waals surface area contributed by atoms with Crippen molar-refractivity contribution in [2.75, 3.05) is 19.7 Å². The fraction of sp³-hybridized carbons (Fsp3) is 0.438. The molecule has 6 heteroatoms. The lowest BCUT2D eigenvalue weighted by Gasteiger charge is -2.31. The summed E-state index contributed by atoms with van der Waals surface area (Å²) in [7, 11) is 0. The molecule has 2 aromatic rings. The number of ether oxygens (including phenoxy) is 1. The first kappa shape index (κ1) is 14.6. The lowest BCUT2D eigenvalue weighted by atomic mass is 9.98. The summed E-state index contributed by atoms with van der Waals surface area (Å²) in [4.78, 5) is 30.5. The summed E-state index contributed by atoms with van der Waals surface area (Å²) in [5.41, 5.74) is 1.15. The zero-order valence-electron chi connectivity index (χ0n) is 12.6. The van der Waals surface area contributed by atoms with E-state index in [9.17, 15) is 9.59 Å². The second kappa shape index (κ2) is 6.17. The zero-order chi connectivity index (χ0) is 15.5. The number of hydrogen-bond acceptors (Lipinski definition) is 4. The van der Waals surface area contributed by atoms with Gasteiger partial charge in [0, 0.05) is 25.5 Å². The molecule has 116 valence electrons. The van der Waals surface area contributed by atoms with Crippen LogP contribution in [0.15, 0.2) is 30.6 Å². The highest BCUT2D eigenvalue weighted by atomic mass is 16.5. The molecule has 0 N–H and O–H groups in total. The van der Waals surface area contributed by atoms with Crippen molar-refractivity contribution in [3.63, 3.8) is 0 Å². The highest BCUT2D eigenvalue weighted by molar-refractivity contribution is 5.93. The minimum absolute atomic E-state index is 0.127. The molecular formula is C16H19N3O3. The van der Waals surface area contributed by atoms with Gasteiger partial charge in [0.05, 0.1) is 12.5 Å². The molecule has 0 radical (unpaired) electrons. The van der Waals surface area contributed by atoms with E-state index >= 15 is 0 Å². The number of pyridine rings is 1. The quantitative estimate of drug-likeness (QED) is 0.810. The van der Waals surface area contributed by atoms with Crippen LogP contribution in [0.3, 0.4) is 0 Å². The molecule has 1 amide bonds. The van der Waals surface area contributed by atoms with Crippen LogP contribution in [0.25, 0.3) is 5.65 Å². The van der Waals surface area contributed by atoms with Crippen LogP contribution in [0.2, 0.25) is 0 Å². The predicted octanol–water partition coefficient (Wildman–Crippen LogP) is 1.75. The first-order chi connectivity index (χ1) is 10.7. The number of esters is 1. The SMILES string of the molecule is CCOC(=O)[C@@H]1CCCN(C(=O)c2cn3ccccc3n2)C1. The second-order valence-corrected chi connectivity index (χ2v) is 5.43. The van der Waals surface area contributed by atoms with Crippen molar-refractivity contribution in [3.05, 3.63) is 36.3 Å². The van der Waals surface area contributed by atoms with Gasteiger partial charge in [-0.15, -0.1) is 0 Å². The molecule has 22 heavy (non-hydrogen) atoms. The van der Waals surface area contributed by atoms with Crippen LogP contribution in [0.1, 0.15) is 30.3 Å². The Labute approximate surface area is 128 Å². The van der Waals surface area contributed by atoms with E-state index in [1.807, 2.05) is 28.8 Å².